The van der Waals surface area contributed by atoms with Crippen LogP contribution >= 0.6 is 0 Å². The molecule has 0 aliphatic heterocycles. The van der Waals surface area contributed by atoms with E-state index in [2.05, 4.69) is 0 Å². The monoisotopic (exact) mass is 156 g/mol. The number of likely N-dealkylation sites (N-methyl/N-ethyl adjacent to an activating group) is 1. The fraction of sp³-hybridized carbons (Fsp3) is 0.625. The van der Waals surface area contributed by atoms with Crippen LogP contribution < -0.4 is 0 Å². The Morgan fingerprint density at radius 2 is 1.64 bits per heavy atom. The predicted molar refractivity (Wildman–Crippen MR) is 46.1 cm³/mol. The first-order valence-corrected chi connectivity index (χ1v) is 3.51. The molecule has 0 saturated heterocycles. The molecule has 0 N–H and O–H groups in total. The van der Waals surface area contributed by atoms with Gasteiger partial charge < -0.3 is 9.80 Å². The minimum absolute atomic E-state index is 0.0868. The Kier molecular flexibility index (Phi) is 3.65. The first-order chi connectivity index (χ1) is 4.95. The molecule has 3 heteroatoms. The van der Waals surface area contributed by atoms with Gasteiger partial charge in [-0.3, -0.25) is 4.79 Å². The molecule has 3 nitrogen and oxygen atoms in total. The minimum atomic E-state index is 0.0868. The molecule has 0 heterocycles. The maximum absolute atomic E-state index is 11.0. The molecular weight excluding hydrogens is 140 g/mol. The maximum atomic E-state index is 11.0. The number of nitrogens with zero attached hydrogens (tertiary/aromatic N) is 2. The molecule has 0 fully saturated rings. The average Bonchev–Trinajstić information content (AvgIpc) is 1.81. The molecule has 0 amide bonds. The van der Waals surface area contributed by atoms with Gasteiger partial charge in [0.1, 0.15) is 0 Å². The van der Waals surface area contributed by atoms with E-state index in [0.717, 1.165) is 5.70 Å². The van der Waals surface area contributed by atoms with E-state index < -0.39 is 0 Å². The average molecular weight is 156 g/mol. The number of rotatable bonds is 3. The molecule has 0 unspecified atom stereocenters. The van der Waals surface area contributed by atoms with E-state index in [4.69, 9.17) is 0 Å². The van der Waals surface area contributed by atoms with Crippen molar-refractivity contribution in [2.45, 2.75) is 6.92 Å². The summed E-state index contributed by atoms with van der Waals surface area (Å²) in [5, 5.41) is 0. The van der Waals surface area contributed by atoms with Crippen LogP contribution in [0.5, 0.6) is 0 Å². The summed E-state index contributed by atoms with van der Waals surface area (Å²) >= 11 is 0. The third-order valence-electron chi connectivity index (χ3n) is 1.22. The Morgan fingerprint density at radius 3 is 1.73 bits per heavy atom. The van der Waals surface area contributed by atoms with Crippen molar-refractivity contribution in [1.82, 2.24) is 9.80 Å². The Labute approximate surface area is 68.3 Å². The van der Waals surface area contributed by atoms with Gasteiger partial charge in [0.05, 0.1) is 5.70 Å². The van der Waals surface area contributed by atoms with Crippen molar-refractivity contribution >= 4 is 5.78 Å². The molecule has 0 aromatic heterocycles. The highest BCUT2D eigenvalue weighted by molar-refractivity contribution is 5.92. The van der Waals surface area contributed by atoms with Gasteiger partial charge in [0.2, 0.25) is 0 Å². The van der Waals surface area contributed by atoms with Crippen molar-refractivity contribution in [2.24, 2.45) is 0 Å². The molecule has 0 bridgehead atoms. The lowest BCUT2D eigenvalue weighted by Crippen LogP contribution is -2.20. The van der Waals surface area contributed by atoms with Crippen molar-refractivity contribution in [1.29, 1.82) is 0 Å². The summed E-state index contributed by atoms with van der Waals surface area (Å²) in [6, 6.07) is 0. The van der Waals surface area contributed by atoms with Crippen molar-refractivity contribution < 1.29 is 4.79 Å². The molecule has 0 spiro atoms. The number of carbonyl (C=O) groups is 1. The minimum Gasteiger partial charge on any atom is -0.382 e. The predicted octanol–water partition coefficient (Wildman–Crippen LogP) is 0.540. The normalized spacial score (nSPS) is 11.2. The van der Waals surface area contributed by atoms with Gasteiger partial charge in [0, 0.05) is 41.3 Å². The number of allylic oxidation sites excluding steroid dienone is 1. The molecule has 0 radical (unpaired) electrons. The molecule has 0 aliphatic rings. The van der Waals surface area contributed by atoms with Crippen LogP contribution in [0.4, 0.5) is 0 Å². The number of ketones is 1. The smallest absolute Gasteiger partial charge is 0.177 e. The van der Waals surface area contributed by atoms with Crippen molar-refractivity contribution in [3.8, 4) is 0 Å². The van der Waals surface area contributed by atoms with E-state index in [1.807, 2.05) is 44.2 Å². The molecule has 0 aromatic rings. The summed E-state index contributed by atoms with van der Waals surface area (Å²) in [6.45, 7) is 1.56. The van der Waals surface area contributed by atoms with Crippen LogP contribution in [0.2, 0.25) is 0 Å². The lowest BCUT2D eigenvalue weighted by molar-refractivity contribution is -0.114. The molecule has 0 atom stereocenters. The Bertz CT molecular complexity index is 171. The Balaban J connectivity index is 4.47. The number of hydrogen-bond acceptors (Lipinski definition) is 3. The summed E-state index contributed by atoms with van der Waals surface area (Å²) < 4.78 is 0. The molecule has 0 aromatic carbocycles. The van der Waals surface area contributed by atoms with Gasteiger partial charge in [-0.05, 0) is 0 Å². The van der Waals surface area contributed by atoms with Crippen LogP contribution in [0.1, 0.15) is 6.92 Å². The van der Waals surface area contributed by atoms with Crippen LogP contribution in [0.15, 0.2) is 11.9 Å². The van der Waals surface area contributed by atoms with E-state index in [1.165, 1.54) is 0 Å². The lowest BCUT2D eigenvalue weighted by Gasteiger charge is -2.16. The number of carbonyl (C=O) groups excluding carboxylic acids is 1. The number of hydrogen-bond donors (Lipinski definition) is 0. The fourth-order valence-electron chi connectivity index (χ4n) is 0.766. The largest absolute Gasteiger partial charge is 0.382 e. The zero-order chi connectivity index (χ0) is 9.02. The Morgan fingerprint density at radius 1 is 1.18 bits per heavy atom. The second-order valence-electron chi connectivity index (χ2n) is 2.93. The summed E-state index contributed by atoms with van der Waals surface area (Å²) in [5.41, 5.74) is 0.718. The Hall–Kier alpha value is -0.990. The van der Waals surface area contributed by atoms with Crippen LogP contribution in [0, 0.1) is 0 Å². The molecule has 64 valence electrons. The lowest BCUT2D eigenvalue weighted by atomic mass is 10.3. The van der Waals surface area contributed by atoms with Gasteiger partial charge in [-0.25, -0.2) is 0 Å². The van der Waals surface area contributed by atoms with Gasteiger partial charge in [0.15, 0.2) is 5.78 Å². The van der Waals surface area contributed by atoms with Crippen molar-refractivity contribution in [2.75, 3.05) is 28.2 Å². The number of Topliss-reactive ketones (excluding diaryl/α,β-unsaturated/α-hetero) is 1. The van der Waals surface area contributed by atoms with E-state index in [0.29, 0.717) is 0 Å². The van der Waals surface area contributed by atoms with Crippen LogP contribution in [0.3, 0.4) is 0 Å². The zero-order valence-corrected chi connectivity index (χ0v) is 7.88. The van der Waals surface area contributed by atoms with Crippen molar-refractivity contribution in [3.63, 3.8) is 0 Å². The first kappa shape index (κ1) is 10.0. The summed E-state index contributed by atoms with van der Waals surface area (Å²) in [4.78, 5) is 14.6. The third kappa shape index (κ3) is 3.65. The van der Waals surface area contributed by atoms with Gasteiger partial charge in [-0.15, -0.1) is 0 Å². The summed E-state index contributed by atoms with van der Waals surface area (Å²) in [5.74, 6) is 0.0868. The van der Waals surface area contributed by atoms with Gasteiger partial charge >= 0.3 is 0 Å². The fourth-order valence-corrected chi connectivity index (χ4v) is 0.766. The van der Waals surface area contributed by atoms with Crippen LogP contribution in [-0.4, -0.2) is 43.8 Å². The second kappa shape index (κ2) is 4.01. The third-order valence-corrected chi connectivity index (χ3v) is 1.22. The van der Waals surface area contributed by atoms with E-state index in [-0.39, 0.29) is 5.78 Å². The second-order valence-corrected chi connectivity index (χ2v) is 2.93. The highest BCUT2D eigenvalue weighted by atomic mass is 16.1. The van der Waals surface area contributed by atoms with Gasteiger partial charge in [-0.2, -0.15) is 0 Å². The maximum Gasteiger partial charge on any atom is 0.177 e. The van der Waals surface area contributed by atoms with E-state index in [9.17, 15) is 4.79 Å². The van der Waals surface area contributed by atoms with Crippen LogP contribution in [-0.2, 0) is 4.79 Å². The SMILES string of the molecule is CC(=O)/C(=C\N(C)C)N(C)C. The highest BCUT2D eigenvalue weighted by Crippen LogP contribution is 1.99. The van der Waals surface area contributed by atoms with Gasteiger partial charge in [0.25, 0.3) is 0 Å². The quantitative estimate of drug-likeness (QED) is 0.557. The van der Waals surface area contributed by atoms with Crippen LogP contribution in [0.25, 0.3) is 0 Å². The first-order valence-electron chi connectivity index (χ1n) is 3.51. The highest BCUT2D eigenvalue weighted by Gasteiger charge is 2.04. The summed E-state index contributed by atoms with van der Waals surface area (Å²) in [6.07, 6.45) is 1.81. The topological polar surface area (TPSA) is 23.6 Å². The molecular formula is C8H16N2O. The zero-order valence-electron chi connectivity index (χ0n) is 7.88. The van der Waals surface area contributed by atoms with E-state index >= 15 is 0 Å². The van der Waals surface area contributed by atoms with Crippen molar-refractivity contribution in [3.05, 3.63) is 11.9 Å². The summed E-state index contributed by atoms with van der Waals surface area (Å²) in [7, 11) is 7.51. The van der Waals surface area contributed by atoms with E-state index in [1.54, 1.807) is 6.92 Å². The molecule has 0 saturated carbocycles. The molecule has 11 heavy (non-hydrogen) atoms. The standard InChI is InChI=1S/C8H16N2O/c1-7(11)8(10(4)5)6-9(2)3/h6H,1-5H3/b8-6+. The van der Waals surface area contributed by atoms with Gasteiger partial charge in [-0.1, -0.05) is 0 Å². The molecule has 0 aliphatic carbocycles. The molecule has 0 rings (SSSR count).